The molecule has 0 aliphatic heterocycles. The Morgan fingerprint density at radius 2 is 2.25 bits per heavy atom. The zero-order chi connectivity index (χ0) is 12.1. The van der Waals surface area contributed by atoms with Gasteiger partial charge in [0.2, 0.25) is 0 Å². The Morgan fingerprint density at radius 1 is 1.56 bits per heavy atom. The van der Waals surface area contributed by atoms with Gasteiger partial charge in [0.1, 0.15) is 6.10 Å². The molecule has 0 aromatic heterocycles. The standard InChI is InChI=1S/C12H18N2O2/c1-4-16-9(3)12(15)14-11-7-5-6-10(13)8(11)2/h5-7,9H,4,13H2,1-3H3,(H,14,15). The maximum atomic E-state index is 11.7. The highest BCUT2D eigenvalue weighted by molar-refractivity contribution is 5.95. The second-order valence-corrected chi connectivity index (χ2v) is 3.61. The summed E-state index contributed by atoms with van der Waals surface area (Å²) in [5.74, 6) is -0.157. The van der Waals surface area contributed by atoms with Crippen molar-refractivity contribution in [2.75, 3.05) is 17.7 Å². The number of hydrogen-bond donors (Lipinski definition) is 2. The van der Waals surface area contributed by atoms with E-state index in [0.29, 0.717) is 12.3 Å². The highest BCUT2D eigenvalue weighted by Gasteiger charge is 2.13. The molecule has 0 fully saturated rings. The van der Waals surface area contributed by atoms with Gasteiger partial charge in [0, 0.05) is 18.0 Å². The Labute approximate surface area is 95.8 Å². The van der Waals surface area contributed by atoms with E-state index in [0.717, 1.165) is 11.3 Å². The van der Waals surface area contributed by atoms with E-state index in [4.69, 9.17) is 10.5 Å². The third-order valence-corrected chi connectivity index (χ3v) is 2.42. The molecule has 1 aromatic carbocycles. The van der Waals surface area contributed by atoms with Crippen molar-refractivity contribution >= 4 is 17.3 Å². The number of carbonyl (C=O) groups is 1. The lowest BCUT2D eigenvalue weighted by Gasteiger charge is -2.14. The van der Waals surface area contributed by atoms with E-state index in [-0.39, 0.29) is 5.91 Å². The molecular formula is C12H18N2O2. The molecule has 0 aliphatic carbocycles. The van der Waals surface area contributed by atoms with Crippen LogP contribution in [0.25, 0.3) is 0 Å². The summed E-state index contributed by atoms with van der Waals surface area (Å²) in [6.45, 7) is 5.97. The second kappa shape index (κ2) is 5.51. The van der Waals surface area contributed by atoms with Gasteiger partial charge in [-0.15, -0.1) is 0 Å². The van der Waals surface area contributed by atoms with Crippen LogP contribution in [0.1, 0.15) is 19.4 Å². The molecule has 1 aromatic rings. The Morgan fingerprint density at radius 3 is 2.88 bits per heavy atom. The van der Waals surface area contributed by atoms with Crippen LogP contribution in [0.15, 0.2) is 18.2 Å². The summed E-state index contributed by atoms with van der Waals surface area (Å²) in [5, 5.41) is 2.79. The Bertz CT molecular complexity index is 377. The minimum Gasteiger partial charge on any atom is -0.398 e. The number of amides is 1. The zero-order valence-corrected chi connectivity index (χ0v) is 9.91. The maximum Gasteiger partial charge on any atom is 0.253 e. The average molecular weight is 222 g/mol. The van der Waals surface area contributed by atoms with E-state index in [1.54, 1.807) is 13.0 Å². The molecule has 0 bridgehead atoms. The average Bonchev–Trinajstić information content (AvgIpc) is 2.25. The van der Waals surface area contributed by atoms with Gasteiger partial charge >= 0.3 is 0 Å². The van der Waals surface area contributed by atoms with Crippen molar-refractivity contribution in [2.45, 2.75) is 26.9 Å². The van der Waals surface area contributed by atoms with Gasteiger partial charge in [0.05, 0.1) is 0 Å². The molecule has 4 nitrogen and oxygen atoms in total. The monoisotopic (exact) mass is 222 g/mol. The summed E-state index contributed by atoms with van der Waals surface area (Å²) in [5.41, 5.74) is 8.02. The van der Waals surface area contributed by atoms with E-state index in [1.165, 1.54) is 0 Å². The van der Waals surface area contributed by atoms with Crippen molar-refractivity contribution < 1.29 is 9.53 Å². The van der Waals surface area contributed by atoms with Crippen LogP contribution in [-0.2, 0) is 9.53 Å². The van der Waals surface area contributed by atoms with Crippen LogP contribution in [0.3, 0.4) is 0 Å². The lowest BCUT2D eigenvalue weighted by molar-refractivity contribution is -0.126. The molecule has 88 valence electrons. The van der Waals surface area contributed by atoms with Gasteiger partial charge in [-0.25, -0.2) is 0 Å². The first-order chi connectivity index (χ1) is 7.56. The minimum absolute atomic E-state index is 0.157. The van der Waals surface area contributed by atoms with Crippen LogP contribution in [0.2, 0.25) is 0 Å². The largest absolute Gasteiger partial charge is 0.398 e. The molecule has 1 amide bonds. The van der Waals surface area contributed by atoms with Gasteiger partial charge in [-0.3, -0.25) is 4.79 Å². The van der Waals surface area contributed by atoms with Crippen molar-refractivity contribution in [1.29, 1.82) is 0 Å². The molecule has 0 saturated carbocycles. The Hall–Kier alpha value is -1.55. The van der Waals surface area contributed by atoms with E-state index in [9.17, 15) is 4.79 Å². The van der Waals surface area contributed by atoms with Crippen LogP contribution in [0, 0.1) is 6.92 Å². The topological polar surface area (TPSA) is 64.3 Å². The lowest BCUT2D eigenvalue weighted by Crippen LogP contribution is -2.28. The minimum atomic E-state index is -0.453. The number of nitrogen functional groups attached to an aromatic ring is 1. The number of carbonyl (C=O) groups excluding carboxylic acids is 1. The zero-order valence-electron chi connectivity index (χ0n) is 9.91. The number of hydrogen-bond acceptors (Lipinski definition) is 3. The number of benzene rings is 1. The summed E-state index contributed by atoms with van der Waals surface area (Å²) in [7, 11) is 0. The highest BCUT2D eigenvalue weighted by Crippen LogP contribution is 2.20. The fourth-order valence-electron chi connectivity index (χ4n) is 1.35. The quantitative estimate of drug-likeness (QED) is 0.765. The van der Waals surface area contributed by atoms with Gasteiger partial charge in [-0.1, -0.05) is 6.07 Å². The van der Waals surface area contributed by atoms with Crippen LogP contribution >= 0.6 is 0 Å². The second-order valence-electron chi connectivity index (χ2n) is 3.61. The van der Waals surface area contributed by atoms with Gasteiger partial charge in [0.25, 0.3) is 5.91 Å². The lowest BCUT2D eigenvalue weighted by atomic mass is 10.1. The summed E-state index contributed by atoms with van der Waals surface area (Å²) < 4.78 is 5.20. The van der Waals surface area contributed by atoms with Crippen LogP contribution < -0.4 is 11.1 Å². The normalized spacial score (nSPS) is 12.2. The first kappa shape index (κ1) is 12.5. The van der Waals surface area contributed by atoms with Crippen molar-refractivity contribution in [3.8, 4) is 0 Å². The SMILES string of the molecule is CCOC(C)C(=O)Nc1cccc(N)c1C. The van der Waals surface area contributed by atoms with E-state index in [1.807, 2.05) is 26.0 Å². The van der Waals surface area contributed by atoms with Gasteiger partial charge in [0.15, 0.2) is 0 Å². The third kappa shape index (κ3) is 2.97. The number of ether oxygens (including phenoxy) is 1. The summed E-state index contributed by atoms with van der Waals surface area (Å²) in [6.07, 6.45) is -0.453. The van der Waals surface area contributed by atoms with E-state index in [2.05, 4.69) is 5.32 Å². The fraction of sp³-hybridized carbons (Fsp3) is 0.417. The molecule has 0 spiro atoms. The van der Waals surface area contributed by atoms with Crippen LogP contribution in [0.5, 0.6) is 0 Å². The molecule has 4 heteroatoms. The summed E-state index contributed by atoms with van der Waals surface area (Å²) in [4.78, 5) is 11.7. The number of nitrogens with one attached hydrogen (secondary N) is 1. The maximum absolute atomic E-state index is 11.7. The predicted molar refractivity (Wildman–Crippen MR) is 65.3 cm³/mol. The van der Waals surface area contributed by atoms with Gasteiger partial charge in [-0.05, 0) is 38.5 Å². The smallest absolute Gasteiger partial charge is 0.253 e. The molecule has 0 heterocycles. The van der Waals surface area contributed by atoms with Gasteiger partial charge in [-0.2, -0.15) is 0 Å². The highest BCUT2D eigenvalue weighted by atomic mass is 16.5. The predicted octanol–water partition coefficient (Wildman–Crippen LogP) is 1.94. The number of anilines is 2. The fourth-order valence-corrected chi connectivity index (χ4v) is 1.35. The molecule has 0 radical (unpaired) electrons. The molecule has 3 N–H and O–H groups in total. The molecule has 16 heavy (non-hydrogen) atoms. The molecule has 0 aliphatic rings. The summed E-state index contributed by atoms with van der Waals surface area (Å²) in [6, 6.07) is 5.43. The Kier molecular flexibility index (Phi) is 4.31. The summed E-state index contributed by atoms with van der Waals surface area (Å²) >= 11 is 0. The van der Waals surface area contributed by atoms with Crippen LogP contribution in [-0.4, -0.2) is 18.6 Å². The van der Waals surface area contributed by atoms with Crippen molar-refractivity contribution in [3.05, 3.63) is 23.8 Å². The first-order valence-corrected chi connectivity index (χ1v) is 5.33. The van der Waals surface area contributed by atoms with Crippen molar-refractivity contribution in [1.82, 2.24) is 0 Å². The molecule has 1 unspecified atom stereocenters. The van der Waals surface area contributed by atoms with E-state index < -0.39 is 6.10 Å². The third-order valence-electron chi connectivity index (χ3n) is 2.42. The number of nitrogens with two attached hydrogens (primary N) is 1. The van der Waals surface area contributed by atoms with Crippen molar-refractivity contribution in [2.24, 2.45) is 0 Å². The van der Waals surface area contributed by atoms with Gasteiger partial charge < -0.3 is 15.8 Å². The molecule has 1 rings (SSSR count). The molecule has 0 saturated heterocycles. The number of rotatable bonds is 4. The first-order valence-electron chi connectivity index (χ1n) is 5.33. The van der Waals surface area contributed by atoms with Crippen LogP contribution in [0.4, 0.5) is 11.4 Å². The van der Waals surface area contributed by atoms with E-state index >= 15 is 0 Å². The molecular weight excluding hydrogens is 204 g/mol. The Balaban J connectivity index is 2.73. The van der Waals surface area contributed by atoms with Crippen molar-refractivity contribution in [3.63, 3.8) is 0 Å². The molecule has 1 atom stereocenters.